The predicted molar refractivity (Wildman–Crippen MR) is 34.8 cm³/mol. The first-order chi connectivity index (χ1) is 3.68. The Bertz CT molecular complexity index is 74.5. The predicted octanol–water partition coefficient (Wildman–Crippen LogP) is 2.01. The van der Waals surface area contributed by atoms with Gasteiger partial charge in [0.15, 0.2) is 0 Å². The molecule has 0 heterocycles. The maximum atomic E-state index is 10.7. The van der Waals surface area contributed by atoms with Crippen LogP contribution in [-0.4, -0.2) is 5.78 Å². The standard InChI is InChI=1S/C7H14O/c1-4-5-7(8)6(2)3/h6H,4-5H2,1-3H3. The highest BCUT2D eigenvalue weighted by Gasteiger charge is 2.03. The number of carbonyl (C=O) groups excluding carboxylic acids is 1. The summed E-state index contributed by atoms with van der Waals surface area (Å²) in [5, 5.41) is 0. The molecule has 0 bridgehead atoms. The van der Waals surface area contributed by atoms with Crippen molar-refractivity contribution in [1.29, 1.82) is 0 Å². The van der Waals surface area contributed by atoms with E-state index in [9.17, 15) is 4.79 Å². The summed E-state index contributed by atoms with van der Waals surface area (Å²) < 4.78 is 0. The first-order valence-electron chi connectivity index (χ1n) is 3.21. The number of hydrogen-bond acceptors (Lipinski definition) is 1. The van der Waals surface area contributed by atoms with Gasteiger partial charge in [-0.1, -0.05) is 20.8 Å². The van der Waals surface area contributed by atoms with Gasteiger partial charge in [0.2, 0.25) is 0 Å². The van der Waals surface area contributed by atoms with Crippen molar-refractivity contribution in [2.45, 2.75) is 33.6 Å². The quantitative estimate of drug-likeness (QED) is 0.548. The van der Waals surface area contributed by atoms with E-state index in [0.717, 1.165) is 12.8 Å². The number of ketones is 1. The third-order valence-electron chi connectivity index (χ3n) is 1.14. The van der Waals surface area contributed by atoms with Crippen LogP contribution in [0.5, 0.6) is 0 Å². The SMILES string of the molecule is CCCC(=O)C(C)C. The molecule has 0 aromatic rings. The van der Waals surface area contributed by atoms with Crippen molar-refractivity contribution < 1.29 is 4.79 Å². The van der Waals surface area contributed by atoms with Crippen LogP contribution in [-0.2, 0) is 4.79 Å². The Morgan fingerprint density at radius 1 is 1.50 bits per heavy atom. The topological polar surface area (TPSA) is 17.1 Å². The third kappa shape index (κ3) is 2.78. The van der Waals surface area contributed by atoms with Gasteiger partial charge in [0.1, 0.15) is 5.78 Å². The second kappa shape index (κ2) is 3.65. The van der Waals surface area contributed by atoms with E-state index in [-0.39, 0.29) is 5.92 Å². The molecule has 0 aromatic heterocycles. The van der Waals surface area contributed by atoms with Gasteiger partial charge in [-0.15, -0.1) is 0 Å². The zero-order valence-corrected chi connectivity index (χ0v) is 5.90. The molecule has 0 spiro atoms. The number of hydrogen-bond donors (Lipinski definition) is 0. The molecule has 0 rings (SSSR count). The van der Waals surface area contributed by atoms with Gasteiger partial charge < -0.3 is 0 Å². The van der Waals surface area contributed by atoms with Gasteiger partial charge >= 0.3 is 0 Å². The molecule has 0 saturated carbocycles. The first-order valence-corrected chi connectivity index (χ1v) is 3.21. The van der Waals surface area contributed by atoms with Crippen molar-refractivity contribution in [1.82, 2.24) is 0 Å². The summed E-state index contributed by atoms with van der Waals surface area (Å²) in [5.41, 5.74) is 0. The van der Waals surface area contributed by atoms with E-state index in [0.29, 0.717) is 5.78 Å². The Morgan fingerprint density at radius 2 is 2.00 bits per heavy atom. The second-order valence-corrected chi connectivity index (χ2v) is 2.37. The number of rotatable bonds is 3. The summed E-state index contributed by atoms with van der Waals surface area (Å²) in [4.78, 5) is 10.7. The highest BCUT2D eigenvalue weighted by atomic mass is 16.1. The fraction of sp³-hybridized carbons (Fsp3) is 0.857. The summed E-state index contributed by atoms with van der Waals surface area (Å²) in [6, 6.07) is 0. The molecular formula is C7H14O. The van der Waals surface area contributed by atoms with Crippen LogP contribution < -0.4 is 0 Å². The van der Waals surface area contributed by atoms with Crippen molar-refractivity contribution in [2.24, 2.45) is 5.92 Å². The Balaban J connectivity index is 3.33. The molecule has 0 radical (unpaired) electrons. The first kappa shape index (κ1) is 7.67. The molecule has 0 aliphatic heterocycles. The smallest absolute Gasteiger partial charge is 0.135 e. The van der Waals surface area contributed by atoms with Crippen molar-refractivity contribution >= 4 is 5.78 Å². The lowest BCUT2D eigenvalue weighted by molar-refractivity contribution is -0.121. The molecule has 0 aromatic carbocycles. The van der Waals surface area contributed by atoms with Crippen LogP contribution in [0.2, 0.25) is 0 Å². The Kier molecular flexibility index (Phi) is 3.49. The average Bonchev–Trinajstić information content (AvgIpc) is 1.67. The van der Waals surface area contributed by atoms with Crippen LogP contribution in [0.15, 0.2) is 0 Å². The Hall–Kier alpha value is -0.330. The van der Waals surface area contributed by atoms with Gasteiger partial charge in [0, 0.05) is 12.3 Å². The lowest BCUT2D eigenvalue weighted by atomic mass is 10.1. The van der Waals surface area contributed by atoms with Crippen molar-refractivity contribution in [3.8, 4) is 0 Å². The van der Waals surface area contributed by atoms with E-state index in [4.69, 9.17) is 0 Å². The van der Waals surface area contributed by atoms with Crippen LogP contribution in [0.25, 0.3) is 0 Å². The summed E-state index contributed by atoms with van der Waals surface area (Å²) in [5.74, 6) is 0.613. The molecule has 0 aliphatic carbocycles. The third-order valence-corrected chi connectivity index (χ3v) is 1.14. The summed E-state index contributed by atoms with van der Waals surface area (Å²) >= 11 is 0. The molecule has 0 unspecified atom stereocenters. The normalized spacial score (nSPS) is 10.0. The Labute approximate surface area is 51.1 Å². The maximum absolute atomic E-state index is 10.7. The van der Waals surface area contributed by atoms with Crippen molar-refractivity contribution in [3.63, 3.8) is 0 Å². The highest BCUT2D eigenvalue weighted by molar-refractivity contribution is 5.80. The molecule has 0 aliphatic rings. The number of Topliss-reactive ketones (excluding diaryl/α,β-unsaturated/α-hetero) is 1. The lowest BCUT2D eigenvalue weighted by Crippen LogP contribution is -2.04. The second-order valence-electron chi connectivity index (χ2n) is 2.37. The van der Waals surface area contributed by atoms with E-state index >= 15 is 0 Å². The highest BCUT2D eigenvalue weighted by Crippen LogP contribution is 1.99. The summed E-state index contributed by atoms with van der Waals surface area (Å²) in [6.07, 6.45) is 1.73. The molecule has 1 heteroatoms. The van der Waals surface area contributed by atoms with E-state index in [1.807, 2.05) is 20.8 Å². The summed E-state index contributed by atoms with van der Waals surface area (Å²) in [7, 11) is 0. The van der Waals surface area contributed by atoms with Crippen LogP contribution in [0, 0.1) is 5.92 Å². The maximum Gasteiger partial charge on any atom is 0.135 e. The van der Waals surface area contributed by atoms with E-state index in [1.165, 1.54) is 0 Å². The van der Waals surface area contributed by atoms with E-state index in [2.05, 4.69) is 0 Å². The molecule has 48 valence electrons. The largest absolute Gasteiger partial charge is 0.299 e. The van der Waals surface area contributed by atoms with Gasteiger partial charge in [0.05, 0.1) is 0 Å². The zero-order valence-electron chi connectivity index (χ0n) is 5.90. The molecular weight excluding hydrogens is 100 g/mol. The van der Waals surface area contributed by atoms with Crippen LogP contribution >= 0.6 is 0 Å². The molecule has 0 saturated heterocycles. The number of carbonyl (C=O) groups is 1. The average molecular weight is 114 g/mol. The fourth-order valence-electron chi connectivity index (χ4n) is 0.535. The fourth-order valence-corrected chi connectivity index (χ4v) is 0.535. The monoisotopic (exact) mass is 114 g/mol. The minimum absolute atomic E-state index is 0.231. The van der Waals surface area contributed by atoms with E-state index in [1.54, 1.807) is 0 Å². The molecule has 8 heavy (non-hydrogen) atoms. The van der Waals surface area contributed by atoms with Gasteiger partial charge in [0.25, 0.3) is 0 Å². The minimum atomic E-state index is 0.231. The van der Waals surface area contributed by atoms with Gasteiger partial charge in [-0.25, -0.2) is 0 Å². The molecule has 0 atom stereocenters. The lowest BCUT2D eigenvalue weighted by Gasteiger charge is -1.98. The Morgan fingerprint density at radius 3 is 2.12 bits per heavy atom. The summed E-state index contributed by atoms with van der Waals surface area (Å²) in [6.45, 7) is 5.91. The van der Waals surface area contributed by atoms with Crippen molar-refractivity contribution in [2.75, 3.05) is 0 Å². The minimum Gasteiger partial charge on any atom is -0.299 e. The van der Waals surface area contributed by atoms with E-state index < -0.39 is 0 Å². The zero-order chi connectivity index (χ0) is 6.57. The van der Waals surface area contributed by atoms with Gasteiger partial charge in [-0.3, -0.25) is 4.79 Å². The van der Waals surface area contributed by atoms with Crippen LogP contribution in [0.1, 0.15) is 33.6 Å². The molecule has 0 fully saturated rings. The van der Waals surface area contributed by atoms with Crippen LogP contribution in [0.3, 0.4) is 0 Å². The van der Waals surface area contributed by atoms with Crippen LogP contribution in [0.4, 0.5) is 0 Å². The molecule has 0 amide bonds. The van der Waals surface area contributed by atoms with Gasteiger partial charge in [-0.05, 0) is 6.42 Å². The molecule has 0 N–H and O–H groups in total. The van der Waals surface area contributed by atoms with Gasteiger partial charge in [-0.2, -0.15) is 0 Å². The molecule has 1 nitrogen and oxygen atoms in total. The van der Waals surface area contributed by atoms with Crippen molar-refractivity contribution in [3.05, 3.63) is 0 Å².